The van der Waals surface area contributed by atoms with Crippen LogP contribution in [0.1, 0.15) is 48.3 Å². The molecule has 1 unspecified atom stereocenters. The molecule has 1 fully saturated rings. The molecular weight excluding hydrogens is 254 g/mol. The molecule has 0 aromatic heterocycles. The van der Waals surface area contributed by atoms with Gasteiger partial charge in [0.15, 0.2) is 0 Å². The predicted octanol–water partition coefficient (Wildman–Crippen LogP) is 2.75. The lowest BCUT2D eigenvalue weighted by molar-refractivity contribution is -0.138. The Kier molecular flexibility index (Phi) is 4.65. The van der Waals surface area contributed by atoms with Crippen LogP contribution in [-0.2, 0) is 4.79 Å². The number of hydrogen-bond donors (Lipinski definition) is 2. The first-order valence-corrected chi connectivity index (χ1v) is 7.24. The number of hydrogen-bond acceptors (Lipinski definition) is 3. The number of ether oxygens (including phenoxy) is 1. The van der Waals surface area contributed by atoms with Gasteiger partial charge in [0, 0.05) is 12.1 Å². The van der Waals surface area contributed by atoms with Gasteiger partial charge >= 0.3 is 5.97 Å². The molecule has 4 heteroatoms. The Morgan fingerprint density at radius 2 is 2.05 bits per heavy atom. The molecule has 1 aromatic carbocycles. The third-order valence-corrected chi connectivity index (χ3v) is 4.20. The highest BCUT2D eigenvalue weighted by Crippen LogP contribution is 2.35. The van der Waals surface area contributed by atoms with Crippen LogP contribution in [0.5, 0.6) is 5.75 Å². The lowest BCUT2D eigenvalue weighted by atomic mass is 9.94. The summed E-state index contributed by atoms with van der Waals surface area (Å²) in [4.78, 5) is 11.4. The highest BCUT2D eigenvalue weighted by atomic mass is 16.5. The first kappa shape index (κ1) is 14.9. The van der Waals surface area contributed by atoms with Gasteiger partial charge in [-0.05, 0) is 50.7 Å². The Balaban J connectivity index is 2.39. The average molecular weight is 277 g/mol. The van der Waals surface area contributed by atoms with Crippen LogP contribution in [0.3, 0.4) is 0 Å². The van der Waals surface area contributed by atoms with Crippen molar-refractivity contribution in [2.24, 2.45) is 5.73 Å². The molecule has 0 radical (unpaired) electrons. The van der Waals surface area contributed by atoms with Gasteiger partial charge in [-0.3, -0.25) is 4.79 Å². The number of aryl methyl sites for hydroxylation is 1. The molecule has 1 saturated carbocycles. The second-order valence-corrected chi connectivity index (χ2v) is 5.58. The summed E-state index contributed by atoms with van der Waals surface area (Å²) in [7, 11) is 0. The molecule has 1 aromatic rings. The van der Waals surface area contributed by atoms with Crippen molar-refractivity contribution >= 4 is 5.97 Å². The molecule has 0 spiro atoms. The fourth-order valence-corrected chi connectivity index (χ4v) is 2.78. The number of carboxylic acids is 1. The summed E-state index contributed by atoms with van der Waals surface area (Å²) in [5, 5.41) is 9.34. The van der Waals surface area contributed by atoms with Crippen molar-refractivity contribution in [1.82, 2.24) is 0 Å². The maximum absolute atomic E-state index is 11.4. The molecule has 0 amide bonds. The van der Waals surface area contributed by atoms with Crippen LogP contribution in [0.2, 0.25) is 0 Å². The molecule has 3 N–H and O–H groups in total. The van der Waals surface area contributed by atoms with E-state index in [4.69, 9.17) is 10.5 Å². The lowest BCUT2D eigenvalue weighted by Gasteiger charge is -2.22. The van der Waals surface area contributed by atoms with Gasteiger partial charge in [-0.25, -0.2) is 0 Å². The predicted molar refractivity (Wildman–Crippen MR) is 78.2 cm³/mol. The maximum atomic E-state index is 11.4. The highest BCUT2D eigenvalue weighted by molar-refractivity contribution is 5.78. The summed E-state index contributed by atoms with van der Waals surface area (Å²) >= 11 is 0. The number of carbonyl (C=O) groups is 1. The Labute approximate surface area is 119 Å². The molecule has 1 atom stereocenters. The quantitative estimate of drug-likeness (QED) is 0.868. The molecule has 1 aliphatic carbocycles. The first-order chi connectivity index (χ1) is 9.54. The maximum Gasteiger partial charge on any atom is 0.312 e. The molecule has 0 aliphatic heterocycles. The molecule has 4 nitrogen and oxygen atoms in total. The van der Waals surface area contributed by atoms with E-state index in [-0.39, 0.29) is 12.6 Å². The van der Waals surface area contributed by atoms with Crippen LogP contribution in [0, 0.1) is 13.8 Å². The fourth-order valence-electron chi connectivity index (χ4n) is 2.78. The summed E-state index contributed by atoms with van der Waals surface area (Å²) in [5.74, 6) is -0.868. The minimum Gasteiger partial charge on any atom is -0.490 e. The Bertz CT molecular complexity index is 493. The van der Waals surface area contributed by atoms with Gasteiger partial charge < -0.3 is 15.6 Å². The van der Waals surface area contributed by atoms with Crippen molar-refractivity contribution in [2.45, 2.75) is 51.6 Å². The van der Waals surface area contributed by atoms with Crippen molar-refractivity contribution in [1.29, 1.82) is 0 Å². The van der Waals surface area contributed by atoms with Crippen molar-refractivity contribution in [3.05, 3.63) is 28.8 Å². The summed E-state index contributed by atoms with van der Waals surface area (Å²) in [6, 6.07) is 3.79. The summed E-state index contributed by atoms with van der Waals surface area (Å²) in [6.07, 6.45) is 4.68. The van der Waals surface area contributed by atoms with Crippen LogP contribution in [-0.4, -0.2) is 23.7 Å². The van der Waals surface area contributed by atoms with Gasteiger partial charge in [0.05, 0.1) is 12.0 Å². The van der Waals surface area contributed by atoms with Gasteiger partial charge in [0.1, 0.15) is 5.75 Å². The van der Waals surface area contributed by atoms with Gasteiger partial charge in [0.25, 0.3) is 0 Å². The van der Waals surface area contributed by atoms with E-state index in [0.29, 0.717) is 5.56 Å². The topological polar surface area (TPSA) is 72.6 Å². The zero-order valence-corrected chi connectivity index (χ0v) is 12.2. The standard InChI is InChI=1S/C16H23NO3/c1-10-7-8-13(14(9-17)16(18)19)15(11(10)2)20-12-5-3-4-6-12/h7-8,12,14H,3-6,9,17H2,1-2H3,(H,18,19). The third kappa shape index (κ3) is 2.96. The number of aliphatic carboxylic acids is 1. The Morgan fingerprint density at radius 1 is 1.40 bits per heavy atom. The second kappa shape index (κ2) is 6.27. The van der Waals surface area contributed by atoms with Crippen LogP contribution >= 0.6 is 0 Å². The first-order valence-electron chi connectivity index (χ1n) is 7.24. The normalized spacial score (nSPS) is 17.1. The van der Waals surface area contributed by atoms with Gasteiger partial charge in [-0.2, -0.15) is 0 Å². The summed E-state index contributed by atoms with van der Waals surface area (Å²) in [6.45, 7) is 4.08. The van der Waals surface area contributed by atoms with Crippen molar-refractivity contribution in [3.63, 3.8) is 0 Å². The molecular formula is C16H23NO3. The number of nitrogens with two attached hydrogens (primary N) is 1. The van der Waals surface area contributed by atoms with E-state index < -0.39 is 11.9 Å². The van der Waals surface area contributed by atoms with E-state index in [2.05, 4.69) is 0 Å². The largest absolute Gasteiger partial charge is 0.490 e. The zero-order chi connectivity index (χ0) is 14.7. The number of rotatable bonds is 5. The van der Waals surface area contributed by atoms with E-state index in [1.165, 1.54) is 12.8 Å². The Morgan fingerprint density at radius 3 is 2.60 bits per heavy atom. The minimum atomic E-state index is -0.896. The smallest absolute Gasteiger partial charge is 0.312 e. The third-order valence-electron chi connectivity index (χ3n) is 4.20. The minimum absolute atomic E-state index is 0.0822. The van der Waals surface area contributed by atoms with Gasteiger partial charge in [0.2, 0.25) is 0 Å². The van der Waals surface area contributed by atoms with Crippen LogP contribution < -0.4 is 10.5 Å². The van der Waals surface area contributed by atoms with E-state index in [9.17, 15) is 9.90 Å². The summed E-state index contributed by atoms with van der Waals surface area (Å²) < 4.78 is 6.13. The van der Waals surface area contributed by atoms with Crippen LogP contribution in [0.25, 0.3) is 0 Å². The molecule has 2 rings (SSSR count). The van der Waals surface area contributed by atoms with Crippen molar-refractivity contribution in [2.75, 3.05) is 6.54 Å². The van der Waals surface area contributed by atoms with Crippen LogP contribution in [0.15, 0.2) is 12.1 Å². The monoisotopic (exact) mass is 277 g/mol. The lowest BCUT2D eigenvalue weighted by Crippen LogP contribution is -2.23. The highest BCUT2D eigenvalue weighted by Gasteiger charge is 2.26. The van der Waals surface area contributed by atoms with E-state index in [1.807, 2.05) is 26.0 Å². The second-order valence-electron chi connectivity index (χ2n) is 5.58. The Hall–Kier alpha value is -1.55. The van der Waals surface area contributed by atoms with Crippen molar-refractivity contribution < 1.29 is 14.6 Å². The van der Waals surface area contributed by atoms with E-state index >= 15 is 0 Å². The molecule has 1 aliphatic rings. The fraction of sp³-hybridized carbons (Fsp3) is 0.562. The molecule has 110 valence electrons. The molecule has 20 heavy (non-hydrogen) atoms. The van der Waals surface area contributed by atoms with Crippen molar-refractivity contribution in [3.8, 4) is 5.75 Å². The molecule has 0 saturated heterocycles. The zero-order valence-electron chi connectivity index (χ0n) is 12.2. The number of benzene rings is 1. The molecule has 0 bridgehead atoms. The van der Waals surface area contributed by atoms with Crippen LogP contribution in [0.4, 0.5) is 0 Å². The summed E-state index contributed by atoms with van der Waals surface area (Å²) in [5.41, 5.74) is 8.47. The van der Waals surface area contributed by atoms with Gasteiger partial charge in [-0.1, -0.05) is 12.1 Å². The van der Waals surface area contributed by atoms with E-state index in [0.717, 1.165) is 29.7 Å². The number of carboxylic acid groups (broad SMARTS) is 1. The molecule has 0 heterocycles. The van der Waals surface area contributed by atoms with E-state index in [1.54, 1.807) is 0 Å². The van der Waals surface area contributed by atoms with Gasteiger partial charge in [-0.15, -0.1) is 0 Å². The SMILES string of the molecule is Cc1ccc(C(CN)C(=O)O)c(OC2CCCC2)c1C. The average Bonchev–Trinajstić information content (AvgIpc) is 2.91.